The lowest BCUT2D eigenvalue weighted by Crippen LogP contribution is -2.55. The van der Waals surface area contributed by atoms with Crippen LogP contribution in [0.15, 0.2) is 0 Å². The molecule has 1 unspecified atom stereocenters. The van der Waals surface area contributed by atoms with E-state index in [2.05, 4.69) is 10.6 Å². The quantitative estimate of drug-likeness (QED) is 0.521. The van der Waals surface area contributed by atoms with Crippen molar-refractivity contribution in [3.05, 3.63) is 0 Å². The van der Waals surface area contributed by atoms with Crippen LogP contribution in [0.5, 0.6) is 0 Å². The molecule has 112 valence electrons. The summed E-state index contributed by atoms with van der Waals surface area (Å²) in [6.45, 7) is 8.50. The van der Waals surface area contributed by atoms with Gasteiger partial charge < -0.3 is 16.4 Å². The molecule has 0 aliphatic rings. The predicted molar refractivity (Wildman–Crippen MR) is 81.1 cm³/mol. The molecule has 19 heavy (non-hydrogen) atoms. The lowest BCUT2D eigenvalue weighted by molar-refractivity contribution is -0.124. The molecule has 0 aliphatic heterocycles. The number of carbonyl (C=O) groups is 2. The van der Waals surface area contributed by atoms with Gasteiger partial charge in [-0.2, -0.15) is 11.8 Å². The Balaban J connectivity index is 4.01. The molecule has 5 nitrogen and oxygen atoms in total. The summed E-state index contributed by atoms with van der Waals surface area (Å²) < 4.78 is 0. The molecular weight excluding hydrogens is 262 g/mol. The highest BCUT2D eigenvalue weighted by Crippen LogP contribution is 2.15. The average molecular weight is 289 g/mol. The van der Waals surface area contributed by atoms with Gasteiger partial charge >= 0.3 is 0 Å². The van der Waals surface area contributed by atoms with Gasteiger partial charge in [-0.15, -0.1) is 0 Å². The fourth-order valence-electron chi connectivity index (χ4n) is 1.66. The van der Waals surface area contributed by atoms with Crippen LogP contribution < -0.4 is 16.4 Å². The van der Waals surface area contributed by atoms with E-state index in [1.807, 2.05) is 27.7 Å². The summed E-state index contributed by atoms with van der Waals surface area (Å²) in [5.41, 5.74) is 4.73. The third kappa shape index (κ3) is 8.10. The van der Waals surface area contributed by atoms with Crippen LogP contribution in [-0.4, -0.2) is 41.4 Å². The maximum Gasteiger partial charge on any atom is 0.237 e. The van der Waals surface area contributed by atoms with E-state index in [-0.39, 0.29) is 17.9 Å². The second kappa shape index (κ2) is 9.20. The predicted octanol–water partition coefficient (Wildman–Crippen LogP) is 0.878. The number of rotatable bonds is 10. The van der Waals surface area contributed by atoms with Crippen LogP contribution in [0, 0.1) is 0 Å². The summed E-state index contributed by atoms with van der Waals surface area (Å²) in [5.74, 6) is 0.844. The van der Waals surface area contributed by atoms with Crippen molar-refractivity contribution in [3.63, 3.8) is 0 Å². The lowest BCUT2D eigenvalue weighted by Gasteiger charge is -2.29. The van der Waals surface area contributed by atoms with Crippen LogP contribution in [0.2, 0.25) is 0 Å². The fraction of sp³-hybridized carbons (Fsp3) is 0.846. The number of hydrogen-bond acceptors (Lipinski definition) is 4. The highest BCUT2D eigenvalue weighted by atomic mass is 32.2. The first-order chi connectivity index (χ1) is 8.81. The first kappa shape index (κ1) is 18.2. The number of nitrogens with two attached hydrogens (primary N) is 1. The molecule has 0 aromatic carbocycles. The standard InChI is InChI=1S/C13H27N3O2S/c1-5-7-15-11(17)9-19-8-6-13(4,12(14)18)16-10(2)3/h10,16H,5-9H2,1-4H3,(H2,14,18)(H,15,17). The molecule has 0 bridgehead atoms. The molecule has 0 spiro atoms. The monoisotopic (exact) mass is 289 g/mol. The lowest BCUT2D eigenvalue weighted by atomic mass is 9.97. The smallest absolute Gasteiger partial charge is 0.237 e. The molecule has 0 fully saturated rings. The molecule has 0 aromatic heterocycles. The summed E-state index contributed by atoms with van der Waals surface area (Å²) in [7, 11) is 0. The van der Waals surface area contributed by atoms with Crippen LogP contribution in [0.1, 0.15) is 40.5 Å². The van der Waals surface area contributed by atoms with Gasteiger partial charge in [-0.25, -0.2) is 0 Å². The van der Waals surface area contributed by atoms with E-state index >= 15 is 0 Å². The van der Waals surface area contributed by atoms with Crippen molar-refractivity contribution in [1.82, 2.24) is 10.6 Å². The van der Waals surface area contributed by atoms with Crippen LogP contribution >= 0.6 is 11.8 Å². The van der Waals surface area contributed by atoms with E-state index in [4.69, 9.17) is 5.73 Å². The Morgan fingerprint density at radius 2 is 2.00 bits per heavy atom. The number of hydrogen-bond donors (Lipinski definition) is 3. The summed E-state index contributed by atoms with van der Waals surface area (Å²) in [6.07, 6.45) is 1.56. The maximum absolute atomic E-state index is 11.5. The summed E-state index contributed by atoms with van der Waals surface area (Å²) >= 11 is 1.52. The third-order valence-corrected chi connectivity index (χ3v) is 3.66. The van der Waals surface area contributed by atoms with Crippen LogP contribution in [0.3, 0.4) is 0 Å². The molecule has 0 heterocycles. The highest BCUT2D eigenvalue weighted by Gasteiger charge is 2.30. The number of primary amides is 1. The van der Waals surface area contributed by atoms with Gasteiger partial charge in [-0.1, -0.05) is 6.92 Å². The largest absolute Gasteiger partial charge is 0.368 e. The van der Waals surface area contributed by atoms with E-state index in [9.17, 15) is 9.59 Å². The molecule has 1 atom stereocenters. The van der Waals surface area contributed by atoms with Gasteiger partial charge in [-0.3, -0.25) is 9.59 Å². The molecule has 2 amide bonds. The van der Waals surface area contributed by atoms with E-state index < -0.39 is 5.54 Å². The Labute approximate surface area is 120 Å². The molecule has 0 saturated heterocycles. The summed E-state index contributed by atoms with van der Waals surface area (Å²) in [6, 6.07) is 0.190. The maximum atomic E-state index is 11.5. The van der Waals surface area contributed by atoms with Gasteiger partial charge in [0.1, 0.15) is 0 Å². The molecule has 0 radical (unpaired) electrons. The SMILES string of the molecule is CCCNC(=O)CSCCC(C)(NC(C)C)C(N)=O. The minimum absolute atomic E-state index is 0.0458. The molecule has 0 rings (SSSR count). The first-order valence-corrected chi connectivity index (χ1v) is 7.89. The Morgan fingerprint density at radius 1 is 1.37 bits per heavy atom. The molecule has 4 N–H and O–H groups in total. The topological polar surface area (TPSA) is 84.2 Å². The van der Waals surface area contributed by atoms with Gasteiger partial charge in [0.05, 0.1) is 11.3 Å². The third-order valence-electron chi connectivity index (χ3n) is 2.70. The van der Waals surface area contributed by atoms with Gasteiger partial charge in [0.25, 0.3) is 0 Å². The van der Waals surface area contributed by atoms with Gasteiger partial charge in [-0.05, 0) is 39.4 Å². The Morgan fingerprint density at radius 3 is 2.47 bits per heavy atom. The molecule has 0 aromatic rings. The minimum Gasteiger partial charge on any atom is -0.368 e. The van der Waals surface area contributed by atoms with Crippen molar-refractivity contribution in [1.29, 1.82) is 0 Å². The zero-order chi connectivity index (χ0) is 14.9. The van der Waals surface area contributed by atoms with E-state index in [0.717, 1.165) is 12.2 Å². The number of nitrogens with one attached hydrogen (secondary N) is 2. The van der Waals surface area contributed by atoms with E-state index in [1.165, 1.54) is 11.8 Å². The summed E-state index contributed by atoms with van der Waals surface area (Å²) in [5, 5.41) is 6.01. The zero-order valence-corrected chi connectivity index (χ0v) is 13.2. The average Bonchev–Trinajstić information content (AvgIpc) is 2.31. The Bertz CT molecular complexity index is 298. The van der Waals surface area contributed by atoms with Gasteiger partial charge in [0.15, 0.2) is 0 Å². The molecular formula is C13H27N3O2S. The Kier molecular flexibility index (Phi) is 8.84. The van der Waals surface area contributed by atoms with Crippen LogP contribution in [0.25, 0.3) is 0 Å². The molecule has 6 heteroatoms. The minimum atomic E-state index is -0.707. The first-order valence-electron chi connectivity index (χ1n) is 6.74. The number of carbonyl (C=O) groups excluding carboxylic acids is 2. The highest BCUT2D eigenvalue weighted by molar-refractivity contribution is 7.99. The van der Waals surface area contributed by atoms with Crippen molar-refractivity contribution < 1.29 is 9.59 Å². The van der Waals surface area contributed by atoms with Crippen molar-refractivity contribution >= 4 is 23.6 Å². The van der Waals surface area contributed by atoms with Crippen LogP contribution in [-0.2, 0) is 9.59 Å². The fourth-order valence-corrected chi connectivity index (χ4v) is 2.64. The summed E-state index contributed by atoms with van der Waals surface area (Å²) in [4.78, 5) is 22.9. The Hall–Kier alpha value is -0.750. The molecule has 0 saturated carbocycles. The van der Waals surface area contributed by atoms with Crippen molar-refractivity contribution in [2.24, 2.45) is 5.73 Å². The van der Waals surface area contributed by atoms with Crippen molar-refractivity contribution in [2.75, 3.05) is 18.1 Å². The van der Waals surface area contributed by atoms with Crippen LogP contribution in [0.4, 0.5) is 0 Å². The van der Waals surface area contributed by atoms with Gasteiger partial charge in [0.2, 0.25) is 11.8 Å². The molecule has 0 aliphatic carbocycles. The second-order valence-corrected chi connectivity index (χ2v) is 6.25. The van der Waals surface area contributed by atoms with Gasteiger partial charge in [0, 0.05) is 12.6 Å². The second-order valence-electron chi connectivity index (χ2n) is 5.15. The number of amides is 2. The zero-order valence-electron chi connectivity index (χ0n) is 12.4. The van der Waals surface area contributed by atoms with E-state index in [1.54, 1.807) is 0 Å². The van der Waals surface area contributed by atoms with Crippen molar-refractivity contribution in [3.8, 4) is 0 Å². The van der Waals surface area contributed by atoms with Crippen molar-refractivity contribution in [2.45, 2.75) is 52.1 Å². The number of thioether (sulfide) groups is 1. The van der Waals surface area contributed by atoms with E-state index in [0.29, 0.717) is 18.7 Å². The normalized spacial score (nSPS) is 14.2.